The molecule has 0 spiro atoms. The molecule has 0 saturated carbocycles. The van der Waals surface area contributed by atoms with E-state index in [1.54, 1.807) is 6.07 Å². The van der Waals surface area contributed by atoms with E-state index in [1.807, 2.05) is 19.2 Å². The third kappa shape index (κ3) is 3.11. The quantitative estimate of drug-likeness (QED) is 0.847. The van der Waals surface area contributed by atoms with Gasteiger partial charge >= 0.3 is 0 Å². The summed E-state index contributed by atoms with van der Waals surface area (Å²) in [7, 11) is 1.94. The number of benzene rings is 2. The second-order valence-corrected chi connectivity index (χ2v) is 5.57. The van der Waals surface area contributed by atoms with Crippen LogP contribution in [0.25, 0.3) is 0 Å². The molecule has 0 aliphatic rings. The number of rotatable bonds is 3. The van der Waals surface area contributed by atoms with Gasteiger partial charge in [0.05, 0.1) is 6.04 Å². The molecule has 0 heterocycles. The van der Waals surface area contributed by atoms with Crippen molar-refractivity contribution in [2.75, 3.05) is 7.05 Å². The van der Waals surface area contributed by atoms with Crippen LogP contribution in [0.4, 0.5) is 0 Å². The normalized spacial score (nSPS) is 12.5. The second-order valence-electron chi connectivity index (χ2n) is 4.73. The maximum atomic E-state index is 6.30. The number of aryl methyl sites for hydroxylation is 2. The fourth-order valence-electron chi connectivity index (χ4n) is 2.18. The summed E-state index contributed by atoms with van der Waals surface area (Å²) in [5.41, 5.74) is 4.82. The van der Waals surface area contributed by atoms with E-state index in [0.29, 0.717) is 10.0 Å². The maximum Gasteiger partial charge on any atom is 0.0589 e. The number of halogens is 2. The van der Waals surface area contributed by atoms with Crippen LogP contribution in [0.15, 0.2) is 36.4 Å². The Kier molecular flexibility index (Phi) is 4.51. The van der Waals surface area contributed by atoms with Gasteiger partial charge in [0.15, 0.2) is 0 Å². The minimum Gasteiger partial charge on any atom is -0.309 e. The molecule has 0 aliphatic carbocycles. The van der Waals surface area contributed by atoms with Crippen LogP contribution in [0, 0.1) is 13.8 Å². The van der Waals surface area contributed by atoms with Crippen LogP contribution in [-0.4, -0.2) is 7.05 Å². The smallest absolute Gasteiger partial charge is 0.0589 e. The van der Waals surface area contributed by atoms with E-state index in [-0.39, 0.29) is 6.04 Å². The molecule has 3 heteroatoms. The molecule has 2 aromatic carbocycles. The Balaban J connectivity index is 2.46. The van der Waals surface area contributed by atoms with Gasteiger partial charge in [-0.05, 0) is 55.3 Å². The SMILES string of the molecule is CNC(c1ccc(C)c(C)c1)c1ccc(Cl)cc1Cl. The Morgan fingerprint density at radius 2 is 1.68 bits per heavy atom. The highest BCUT2D eigenvalue weighted by molar-refractivity contribution is 6.35. The van der Waals surface area contributed by atoms with Crippen LogP contribution >= 0.6 is 23.2 Å². The number of hydrogen-bond donors (Lipinski definition) is 1. The van der Waals surface area contributed by atoms with E-state index in [0.717, 1.165) is 5.56 Å². The Bertz CT molecular complexity index is 593. The first-order chi connectivity index (χ1) is 9.02. The molecule has 0 aromatic heterocycles. The monoisotopic (exact) mass is 293 g/mol. The van der Waals surface area contributed by atoms with Gasteiger partial charge in [0, 0.05) is 10.0 Å². The molecule has 19 heavy (non-hydrogen) atoms. The summed E-state index contributed by atoms with van der Waals surface area (Å²) in [5, 5.41) is 4.66. The van der Waals surface area contributed by atoms with Crippen LogP contribution in [0.1, 0.15) is 28.3 Å². The van der Waals surface area contributed by atoms with E-state index in [9.17, 15) is 0 Å². The summed E-state index contributed by atoms with van der Waals surface area (Å²) < 4.78 is 0. The first-order valence-corrected chi connectivity index (χ1v) is 6.98. The molecule has 100 valence electrons. The van der Waals surface area contributed by atoms with Crippen LogP contribution in [-0.2, 0) is 0 Å². The van der Waals surface area contributed by atoms with Gasteiger partial charge < -0.3 is 5.32 Å². The van der Waals surface area contributed by atoms with Gasteiger partial charge in [-0.25, -0.2) is 0 Å². The van der Waals surface area contributed by atoms with E-state index < -0.39 is 0 Å². The minimum absolute atomic E-state index is 0.0732. The summed E-state index contributed by atoms with van der Waals surface area (Å²) in [4.78, 5) is 0. The summed E-state index contributed by atoms with van der Waals surface area (Å²) in [5.74, 6) is 0. The van der Waals surface area contributed by atoms with Crippen molar-refractivity contribution in [3.8, 4) is 0 Å². The van der Waals surface area contributed by atoms with E-state index in [4.69, 9.17) is 23.2 Å². The molecule has 0 radical (unpaired) electrons. The standard InChI is InChI=1S/C16H17Cl2N/c1-10-4-5-12(8-11(10)2)16(19-3)14-7-6-13(17)9-15(14)18/h4-9,16,19H,1-3H3. The Morgan fingerprint density at radius 3 is 2.26 bits per heavy atom. The van der Waals surface area contributed by atoms with Crippen molar-refractivity contribution in [3.63, 3.8) is 0 Å². The maximum absolute atomic E-state index is 6.30. The van der Waals surface area contributed by atoms with Gasteiger partial charge in [-0.3, -0.25) is 0 Å². The third-order valence-electron chi connectivity index (χ3n) is 3.43. The first kappa shape index (κ1) is 14.4. The number of nitrogens with one attached hydrogen (secondary N) is 1. The molecular formula is C16H17Cl2N. The lowest BCUT2D eigenvalue weighted by molar-refractivity contribution is 0.691. The van der Waals surface area contributed by atoms with Gasteiger partial charge in [-0.1, -0.05) is 47.5 Å². The van der Waals surface area contributed by atoms with Crippen molar-refractivity contribution >= 4 is 23.2 Å². The van der Waals surface area contributed by atoms with Crippen LogP contribution in [0.2, 0.25) is 10.0 Å². The minimum atomic E-state index is 0.0732. The highest BCUT2D eigenvalue weighted by atomic mass is 35.5. The molecule has 0 bridgehead atoms. The van der Waals surface area contributed by atoms with Gasteiger partial charge in [-0.2, -0.15) is 0 Å². The van der Waals surface area contributed by atoms with Crippen molar-refractivity contribution < 1.29 is 0 Å². The van der Waals surface area contributed by atoms with Crippen LogP contribution in [0.3, 0.4) is 0 Å². The molecule has 1 atom stereocenters. The summed E-state index contributed by atoms with van der Waals surface area (Å²) in [6.45, 7) is 4.23. The Morgan fingerprint density at radius 1 is 0.947 bits per heavy atom. The molecule has 0 saturated heterocycles. The molecule has 0 fully saturated rings. The lowest BCUT2D eigenvalue weighted by Crippen LogP contribution is -2.18. The Labute approximate surface area is 124 Å². The lowest BCUT2D eigenvalue weighted by Gasteiger charge is -2.19. The second kappa shape index (κ2) is 5.96. The molecular weight excluding hydrogens is 277 g/mol. The molecule has 2 aromatic rings. The van der Waals surface area contributed by atoms with Crippen molar-refractivity contribution in [1.82, 2.24) is 5.32 Å². The molecule has 0 aliphatic heterocycles. The van der Waals surface area contributed by atoms with Gasteiger partial charge in [-0.15, -0.1) is 0 Å². The molecule has 1 nitrogen and oxygen atoms in total. The topological polar surface area (TPSA) is 12.0 Å². The van der Waals surface area contributed by atoms with E-state index in [1.165, 1.54) is 16.7 Å². The van der Waals surface area contributed by atoms with Gasteiger partial charge in [0.2, 0.25) is 0 Å². The van der Waals surface area contributed by atoms with Crippen molar-refractivity contribution in [2.24, 2.45) is 0 Å². The average Bonchev–Trinajstić information content (AvgIpc) is 2.37. The van der Waals surface area contributed by atoms with Crippen molar-refractivity contribution in [1.29, 1.82) is 0 Å². The molecule has 0 amide bonds. The van der Waals surface area contributed by atoms with Crippen molar-refractivity contribution in [3.05, 3.63) is 68.7 Å². The third-order valence-corrected chi connectivity index (χ3v) is 3.99. The van der Waals surface area contributed by atoms with Crippen LogP contribution < -0.4 is 5.32 Å². The predicted octanol–water partition coefficient (Wildman–Crippen LogP) is 4.92. The fraction of sp³-hybridized carbons (Fsp3) is 0.250. The van der Waals surface area contributed by atoms with Gasteiger partial charge in [0.25, 0.3) is 0 Å². The average molecular weight is 294 g/mol. The first-order valence-electron chi connectivity index (χ1n) is 6.22. The summed E-state index contributed by atoms with van der Waals surface area (Å²) >= 11 is 12.3. The number of hydrogen-bond acceptors (Lipinski definition) is 1. The van der Waals surface area contributed by atoms with Crippen LogP contribution in [0.5, 0.6) is 0 Å². The lowest BCUT2D eigenvalue weighted by atomic mass is 9.96. The van der Waals surface area contributed by atoms with Gasteiger partial charge in [0.1, 0.15) is 0 Å². The highest BCUT2D eigenvalue weighted by Gasteiger charge is 2.15. The zero-order valence-electron chi connectivity index (χ0n) is 11.3. The van der Waals surface area contributed by atoms with Crippen molar-refractivity contribution in [2.45, 2.75) is 19.9 Å². The molecule has 1 N–H and O–H groups in total. The predicted molar refractivity (Wildman–Crippen MR) is 83.3 cm³/mol. The zero-order chi connectivity index (χ0) is 14.0. The largest absolute Gasteiger partial charge is 0.309 e. The zero-order valence-corrected chi connectivity index (χ0v) is 12.8. The van der Waals surface area contributed by atoms with E-state index >= 15 is 0 Å². The fourth-order valence-corrected chi connectivity index (χ4v) is 2.70. The Hall–Kier alpha value is -1.02. The molecule has 2 rings (SSSR count). The van der Waals surface area contributed by atoms with E-state index in [2.05, 4.69) is 37.4 Å². The summed E-state index contributed by atoms with van der Waals surface area (Å²) in [6.07, 6.45) is 0. The summed E-state index contributed by atoms with van der Waals surface area (Å²) in [6, 6.07) is 12.2. The molecule has 1 unspecified atom stereocenters. The highest BCUT2D eigenvalue weighted by Crippen LogP contribution is 2.30.